The Labute approximate surface area is 173 Å². The Hall–Kier alpha value is -3.13. The molecule has 2 amide bonds. The van der Waals surface area contributed by atoms with Crippen molar-refractivity contribution in [2.75, 3.05) is 26.2 Å². The summed E-state index contributed by atoms with van der Waals surface area (Å²) in [6, 6.07) is 9.32. The third kappa shape index (κ3) is 4.02. The summed E-state index contributed by atoms with van der Waals surface area (Å²) in [6.45, 7) is 5.87. The van der Waals surface area contributed by atoms with Crippen molar-refractivity contribution in [1.82, 2.24) is 24.8 Å². The maximum Gasteiger partial charge on any atom is 0.265 e. The number of hydrogen-bond donors (Lipinski definition) is 0. The molecule has 0 unspecified atom stereocenters. The lowest BCUT2D eigenvalue weighted by Gasteiger charge is -2.34. The summed E-state index contributed by atoms with van der Waals surface area (Å²) in [6.07, 6.45) is 3.32. The zero-order chi connectivity index (χ0) is 20.4. The van der Waals surface area contributed by atoms with Gasteiger partial charge in [0.1, 0.15) is 4.88 Å². The minimum absolute atomic E-state index is 0.00887. The van der Waals surface area contributed by atoms with Gasteiger partial charge >= 0.3 is 0 Å². The molecule has 0 saturated carbocycles. The van der Waals surface area contributed by atoms with Gasteiger partial charge in [-0.2, -0.15) is 0 Å². The van der Waals surface area contributed by atoms with Crippen molar-refractivity contribution in [2.45, 2.75) is 13.8 Å². The highest BCUT2D eigenvalue weighted by Gasteiger charge is 2.28. The van der Waals surface area contributed by atoms with Gasteiger partial charge in [-0.15, -0.1) is 11.3 Å². The average molecular weight is 407 g/mol. The zero-order valence-electron chi connectivity index (χ0n) is 16.3. The first kappa shape index (κ1) is 19.2. The first-order valence-corrected chi connectivity index (χ1v) is 10.2. The molecule has 3 aromatic rings. The van der Waals surface area contributed by atoms with Crippen LogP contribution >= 0.6 is 11.3 Å². The number of benzene rings is 1. The number of hydrogen-bond acceptors (Lipinski definition) is 6. The number of thiazole rings is 1. The number of carbonyl (C=O) groups excluding carboxylic acids is 2. The first-order valence-electron chi connectivity index (χ1n) is 9.43. The van der Waals surface area contributed by atoms with Gasteiger partial charge in [-0.05, 0) is 32.0 Å². The second kappa shape index (κ2) is 8.08. The standard InChI is InChI=1S/C21H21N5O2S/c1-14-4-6-16(7-5-14)20(27)25-10-12-26(13-11-25)21(28)17-15(2)24-19(29-17)18-22-8-3-9-23-18/h3-9H,10-13H2,1-2H3. The van der Waals surface area contributed by atoms with E-state index in [1.807, 2.05) is 38.1 Å². The second-order valence-corrected chi connectivity index (χ2v) is 7.96. The molecular weight excluding hydrogens is 386 g/mol. The van der Waals surface area contributed by atoms with Gasteiger partial charge in [0.2, 0.25) is 0 Å². The van der Waals surface area contributed by atoms with Crippen molar-refractivity contribution < 1.29 is 9.59 Å². The van der Waals surface area contributed by atoms with E-state index in [-0.39, 0.29) is 11.8 Å². The molecule has 3 heterocycles. The number of amides is 2. The van der Waals surface area contributed by atoms with Crippen LogP contribution in [0.25, 0.3) is 10.8 Å². The second-order valence-electron chi connectivity index (χ2n) is 6.96. The van der Waals surface area contributed by atoms with Crippen molar-refractivity contribution >= 4 is 23.2 Å². The quantitative estimate of drug-likeness (QED) is 0.667. The summed E-state index contributed by atoms with van der Waals surface area (Å²) in [5, 5.41) is 0.639. The van der Waals surface area contributed by atoms with Crippen LogP contribution < -0.4 is 0 Å². The van der Waals surface area contributed by atoms with Crippen LogP contribution in [0.2, 0.25) is 0 Å². The van der Waals surface area contributed by atoms with Gasteiger partial charge < -0.3 is 9.80 Å². The van der Waals surface area contributed by atoms with E-state index in [4.69, 9.17) is 0 Å². The highest BCUT2D eigenvalue weighted by atomic mass is 32.1. The van der Waals surface area contributed by atoms with Crippen molar-refractivity contribution in [3.05, 3.63) is 64.4 Å². The molecular formula is C21H21N5O2S. The Morgan fingerprint density at radius 3 is 2.10 bits per heavy atom. The fraction of sp³-hybridized carbons (Fsp3) is 0.286. The van der Waals surface area contributed by atoms with Gasteiger partial charge in [0.05, 0.1) is 5.69 Å². The Morgan fingerprint density at radius 1 is 0.897 bits per heavy atom. The molecule has 1 saturated heterocycles. The molecule has 148 valence electrons. The SMILES string of the molecule is Cc1ccc(C(=O)N2CCN(C(=O)c3sc(-c4ncccn4)nc3C)CC2)cc1. The van der Waals surface area contributed by atoms with Crippen LogP contribution in [0.1, 0.15) is 31.3 Å². The van der Waals surface area contributed by atoms with Crippen molar-refractivity contribution in [3.8, 4) is 10.8 Å². The number of nitrogens with zero attached hydrogens (tertiary/aromatic N) is 5. The predicted octanol–water partition coefficient (Wildman–Crippen LogP) is 2.82. The molecule has 1 aliphatic rings. The van der Waals surface area contributed by atoms with E-state index >= 15 is 0 Å². The van der Waals surface area contributed by atoms with Crippen LogP contribution in [-0.2, 0) is 0 Å². The van der Waals surface area contributed by atoms with E-state index in [1.54, 1.807) is 28.3 Å². The van der Waals surface area contributed by atoms with Crippen LogP contribution in [0.3, 0.4) is 0 Å². The Bertz CT molecular complexity index is 1020. The minimum atomic E-state index is -0.0513. The number of piperazine rings is 1. The average Bonchev–Trinajstić information content (AvgIpc) is 3.15. The molecule has 0 radical (unpaired) electrons. The van der Waals surface area contributed by atoms with E-state index in [2.05, 4.69) is 15.0 Å². The molecule has 7 nitrogen and oxygen atoms in total. The molecule has 0 aliphatic carbocycles. The van der Waals surface area contributed by atoms with E-state index in [0.29, 0.717) is 53.1 Å². The van der Waals surface area contributed by atoms with E-state index < -0.39 is 0 Å². The topological polar surface area (TPSA) is 79.3 Å². The molecule has 1 aromatic carbocycles. The van der Waals surface area contributed by atoms with Crippen molar-refractivity contribution in [2.24, 2.45) is 0 Å². The van der Waals surface area contributed by atoms with Gasteiger partial charge in [-0.25, -0.2) is 15.0 Å². The van der Waals surface area contributed by atoms with Crippen LogP contribution in [0.5, 0.6) is 0 Å². The maximum absolute atomic E-state index is 13.0. The molecule has 0 atom stereocenters. The number of aryl methyl sites for hydroxylation is 2. The lowest BCUT2D eigenvalue weighted by atomic mass is 10.1. The van der Waals surface area contributed by atoms with Crippen LogP contribution in [0.4, 0.5) is 0 Å². The van der Waals surface area contributed by atoms with Crippen LogP contribution in [0.15, 0.2) is 42.7 Å². The summed E-state index contributed by atoms with van der Waals surface area (Å²) in [5.74, 6) is 0.479. The molecule has 4 rings (SSSR count). The van der Waals surface area contributed by atoms with Crippen molar-refractivity contribution in [1.29, 1.82) is 0 Å². The molecule has 0 N–H and O–H groups in total. The van der Waals surface area contributed by atoms with E-state index in [0.717, 1.165) is 5.56 Å². The fourth-order valence-corrected chi connectivity index (χ4v) is 4.22. The normalized spacial score (nSPS) is 14.1. The van der Waals surface area contributed by atoms with E-state index in [9.17, 15) is 9.59 Å². The highest BCUT2D eigenvalue weighted by molar-refractivity contribution is 7.17. The Balaban J connectivity index is 1.42. The van der Waals surface area contributed by atoms with Gasteiger partial charge in [-0.1, -0.05) is 17.7 Å². The van der Waals surface area contributed by atoms with Gasteiger partial charge in [-0.3, -0.25) is 9.59 Å². The Kier molecular flexibility index (Phi) is 5.35. The van der Waals surface area contributed by atoms with Crippen LogP contribution in [0, 0.1) is 13.8 Å². The summed E-state index contributed by atoms with van der Waals surface area (Å²) in [7, 11) is 0. The monoisotopic (exact) mass is 407 g/mol. The maximum atomic E-state index is 13.0. The minimum Gasteiger partial charge on any atom is -0.335 e. The third-order valence-electron chi connectivity index (χ3n) is 4.90. The Morgan fingerprint density at radius 2 is 1.48 bits per heavy atom. The van der Waals surface area contributed by atoms with Gasteiger partial charge in [0.25, 0.3) is 11.8 Å². The molecule has 1 aliphatic heterocycles. The molecule has 8 heteroatoms. The zero-order valence-corrected chi connectivity index (χ0v) is 17.1. The molecule has 0 spiro atoms. The molecule has 1 fully saturated rings. The largest absolute Gasteiger partial charge is 0.335 e. The summed E-state index contributed by atoms with van der Waals surface area (Å²) in [4.78, 5) is 42.7. The summed E-state index contributed by atoms with van der Waals surface area (Å²) >= 11 is 1.31. The predicted molar refractivity (Wildman–Crippen MR) is 111 cm³/mol. The molecule has 0 bridgehead atoms. The van der Waals surface area contributed by atoms with Gasteiger partial charge in [0.15, 0.2) is 10.8 Å². The molecule has 2 aromatic heterocycles. The van der Waals surface area contributed by atoms with Gasteiger partial charge in [0, 0.05) is 44.1 Å². The highest BCUT2D eigenvalue weighted by Crippen LogP contribution is 2.26. The molecule has 29 heavy (non-hydrogen) atoms. The summed E-state index contributed by atoms with van der Waals surface area (Å²) in [5.41, 5.74) is 2.49. The number of carbonyl (C=O) groups is 2. The number of aromatic nitrogens is 3. The fourth-order valence-electron chi connectivity index (χ4n) is 3.23. The van der Waals surface area contributed by atoms with E-state index in [1.165, 1.54) is 11.3 Å². The number of rotatable bonds is 3. The third-order valence-corrected chi connectivity index (χ3v) is 6.04. The van der Waals surface area contributed by atoms with Crippen LogP contribution in [-0.4, -0.2) is 62.7 Å². The lowest BCUT2D eigenvalue weighted by molar-refractivity contribution is 0.0537. The smallest absolute Gasteiger partial charge is 0.265 e. The first-order chi connectivity index (χ1) is 14.0. The van der Waals surface area contributed by atoms with Crippen molar-refractivity contribution in [3.63, 3.8) is 0 Å². The summed E-state index contributed by atoms with van der Waals surface area (Å²) < 4.78 is 0. The lowest BCUT2D eigenvalue weighted by Crippen LogP contribution is -2.50.